The molecular formula is C48H87NO16. The van der Waals surface area contributed by atoms with Crippen molar-refractivity contribution in [3.8, 4) is 0 Å². The number of aliphatic hydroxyl groups excluding tert-OH is 6. The minimum atomic E-state index is -1.68. The Hall–Kier alpha value is -2.16. The van der Waals surface area contributed by atoms with E-state index in [1.165, 1.54) is 20.8 Å². The number of likely N-dealkylation sites (N-methyl/N-ethyl adjacent to an activating group) is 1. The van der Waals surface area contributed by atoms with Gasteiger partial charge in [-0.2, -0.15) is 0 Å². The molecule has 24 atom stereocenters. The molecule has 0 spiro atoms. The quantitative estimate of drug-likeness (QED) is 0.189. The van der Waals surface area contributed by atoms with Gasteiger partial charge in [0, 0.05) is 59.8 Å². The number of aliphatic hydroxyl groups is 8. The van der Waals surface area contributed by atoms with E-state index in [9.17, 15) is 60.0 Å². The Morgan fingerprint density at radius 3 is 1.29 bits per heavy atom. The van der Waals surface area contributed by atoms with E-state index in [4.69, 9.17) is 18.9 Å². The number of carbonyl (C=O) groups excluding carboxylic acids is 4. The van der Waals surface area contributed by atoms with Crippen LogP contribution in [0.1, 0.15) is 123 Å². The maximum atomic E-state index is 13.3. The van der Waals surface area contributed by atoms with Crippen LogP contribution in [0.25, 0.3) is 0 Å². The molecule has 3 saturated heterocycles. The Morgan fingerprint density at radius 2 is 0.892 bits per heavy atom. The topological polar surface area (TPSA) is 270 Å². The number of ether oxygens (including phenoxy) is 4. The van der Waals surface area contributed by atoms with E-state index in [0.29, 0.717) is 6.42 Å². The zero-order chi connectivity index (χ0) is 50.5. The second-order valence-electron chi connectivity index (χ2n) is 21.1. The summed E-state index contributed by atoms with van der Waals surface area (Å²) in [5, 5.41) is 86.5. The van der Waals surface area contributed by atoms with Gasteiger partial charge in [0.05, 0.1) is 71.9 Å². The van der Waals surface area contributed by atoms with Gasteiger partial charge >= 0.3 is 11.9 Å². The van der Waals surface area contributed by atoms with E-state index in [-0.39, 0.29) is 30.4 Å². The van der Waals surface area contributed by atoms with Crippen LogP contribution >= 0.6 is 0 Å². The van der Waals surface area contributed by atoms with E-state index in [0.717, 1.165) is 0 Å². The molecule has 3 rings (SSSR count). The highest BCUT2D eigenvalue weighted by Crippen LogP contribution is 2.37. The average molecular weight is 934 g/mol. The van der Waals surface area contributed by atoms with Crippen molar-refractivity contribution < 1.29 is 79.0 Å². The van der Waals surface area contributed by atoms with Crippen molar-refractivity contribution in [2.45, 2.75) is 208 Å². The van der Waals surface area contributed by atoms with Crippen LogP contribution in [0.4, 0.5) is 0 Å². The number of hydrogen-bond acceptors (Lipinski definition) is 17. The second-order valence-corrected chi connectivity index (χ2v) is 21.1. The Labute approximate surface area is 387 Å². The number of rotatable bonds is 3. The van der Waals surface area contributed by atoms with Crippen molar-refractivity contribution in [2.24, 2.45) is 59.2 Å². The standard InChI is InChI=1S/C28H51NO9.C20H36O7/c1-13-12-28(8,35)26(33)16(4)25(38-21-11-20(29(9)10)24(32)19(7)36-21)17(5)27(34)37-18(6)14(2)23(31)15(3)22(13)30;1-9-8-20(7,26)18(24)12(4)17(23)13(5)19(25)27-14(6)10(2)16(22)11(3)15(9)21/h13-21,23-26,31-33,35H,11-12H2,1-10H3;9-14,16-18,22-24,26H,8H2,1-7H3/t13-,14+,15+,16+,17-,18-,19?,20?,21+,23+,24-,25+,26-,28-;9-,10+,11+,12+,13-,14-,16+,17+,18-,20-/m11/s1. The molecule has 0 bridgehead atoms. The van der Waals surface area contributed by atoms with Crippen molar-refractivity contribution in [2.75, 3.05) is 14.1 Å². The van der Waals surface area contributed by atoms with Crippen molar-refractivity contribution in [3.05, 3.63) is 0 Å². The van der Waals surface area contributed by atoms with Crippen LogP contribution in [-0.4, -0.2) is 168 Å². The van der Waals surface area contributed by atoms with Crippen LogP contribution in [-0.2, 0) is 38.1 Å². The molecule has 8 N–H and O–H groups in total. The first kappa shape index (κ1) is 59.0. The van der Waals surface area contributed by atoms with Crippen molar-refractivity contribution in [1.82, 2.24) is 4.90 Å². The smallest absolute Gasteiger partial charge is 0.311 e. The first-order valence-corrected chi connectivity index (χ1v) is 23.6. The summed E-state index contributed by atoms with van der Waals surface area (Å²) >= 11 is 0. The summed E-state index contributed by atoms with van der Waals surface area (Å²) in [7, 11) is 3.71. The zero-order valence-electron chi connectivity index (χ0n) is 42.1. The summed E-state index contributed by atoms with van der Waals surface area (Å²) in [5.74, 6) is -8.76. The molecule has 0 aromatic heterocycles. The van der Waals surface area contributed by atoms with Gasteiger partial charge in [-0.15, -0.1) is 0 Å². The lowest BCUT2D eigenvalue weighted by molar-refractivity contribution is -0.268. The molecule has 0 saturated carbocycles. The average Bonchev–Trinajstić information content (AvgIpc) is 3.24. The number of hydrogen-bond donors (Lipinski definition) is 8. The third kappa shape index (κ3) is 14.4. The molecule has 3 heterocycles. The summed E-state index contributed by atoms with van der Waals surface area (Å²) in [6, 6.07) is -0.246. The lowest BCUT2D eigenvalue weighted by atomic mass is 9.75. The van der Waals surface area contributed by atoms with Gasteiger partial charge in [0.1, 0.15) is 23.8 Å². The highest BCUT2D eigenvalue weighted by molar-refractivity contribution is 5.84. The number of carbonyl (C=O) groups is 4. The van der Waals surface area contributed by atoms with Crippen molar-refractivity contribution in [3.63, 3.8) is 0 Å². The van der Waals surface area contributed by atoms with Crippen molar-refractivity contribution in [1.29, 1.82) is 0 Å². The van der Waals surface area contributed by atoms with Crippen LogP contribution in [0.3, 0.4) is 0 Å². The van der Waals surface area contributed by atoms with Crippen LogP contribution < -0.4 is 0 Å². The molecule has 17 heteroatoms. The molecule has 0 radical (unpaired) electrons. The SMILES string of the molecule is CC1O[C@@H](O[C@H]2[C@H](C)[C@@H](O)[C@](C)(O)C[C@@H](C)C(=O)[C@H](C)[C@@H](O)[C@@H](C)[C@@H](C)OC(=O)[C@@H]2C)CC(N(C)C)[C@@H]1O.C[C@@H]1[C@H](O)[C@@H](C)C(=O)[C@H](C)C[C@@](C)(O)[C@H](O)[C@@H](C)[C@H](O)[C@@H](C)C(=O)O[C@@H]1C. The Bertz CT molecular complexity index is 1560. The maximum absolute atomic E-state index is 13.3. The van der Waals surface area contributed by atoms with Gasteiger partial charge < -0.3 is 64.7 Å². The second kappa shape index (κ2) is 23.9. The van der Waals surface area contributed by atoms with Gasteiger partial charge in [-0.05, 0) is 75.4 Å². The van der Waals surface area contributed by atoms with Gasteiger partial charge in [0.15, 0.2) is 6.29 Å². The zero-order valence-corrected chi connectivity index (χ0v) is 42.1. The first-order valence-electron chi connectivity index (χ1n) is 23.6. The minimum absolute atomic E-state index is 0.0239. The predicted molar refractivity (Wildman–Crippen MR) is 241 cm³/mol. The number of ketones is 2. The lowest BCUT2D eigenvalue weighted by Crippen LogP contribution is -2.56. The first-order chi connectivity index (χ1) is 29.6. The Kier molecular flexibility index (Phi) is 21.7. The molecule has 65 heavy (non-hydrogen) atoms. The van der Waals surface area contributed by atoms with E-state index >= 15 is 0 Å². The molecule has 0 aliphatic carbocycles. The summed E-state index contributed by atoms with van der Waals surface area (Å²) in [4.78, 5) is 53.4. The van der Waals surface area contributed by atoms with Gasteiger partial charge in [-0.1, -0.05) is 55.4 Å². The Balaban J connectivity index is 0.000000474. The van der Waals surface area contributed by atoms with Gasteiger partial charge in [-0.3, -0.25) is 19.2 Å². The van der Waals surface area contributed by atoms with Gasteiger partial charge in [0.2, 0.25) is 0 Å². The third-order valence-electron chi connectivity index (χ3n) is 15.2. The van der Waals surface area contributed by atoms with Crippen LogP contribution in [0, 0.1) is 59.2 Å². The monoisotopic (exact) mass is 934 g/mol. The lowest BCUT2D eigenvalue weighted by Gasteiger charge is -2.44. The summed E-state index contributed by atoms with van der Waals surface area (Å²) in [6.07, 6.45) is -10.0. The molecule has 3 aliphatic rings. The molecular weight excluding hydrogens is 847 g/mol. The summed E-state index contributed by atoms with van der Waals surface area (Å²) in [5.41, 5.74) is -3.33. The summed E-state index contributed by atoms with van der Waals surface area (Å²) in [6.45, 7) is 24.3. The van der Waals surface area contributed by atoms with Crippen LogP contribution in [0.15, 0.2) is 0 Å². The van der Waals surface area contributed by atoms with E-state index in [1.54, 1.807) is 83.1 Å². The fraction of sp³-hybridized carbons (Fsp3) is 0.917. The predicted octanol–water partition coefficient (Wildman–Crippen LogP) is 2.26. The highest BCUT2D eigenvalue weighted by atomic mass is 16.7. The fourth-order valence-electron chi connectivity index (χ4n) is 9.91. The molecule has 3 aliphatic heterocycles. The molecule has 17 nitrogen and oxygen atoms in total. The highest BCUT2D eigenvalue weighted by Gasteiger charge is 2.48. The van der Waals surface area contributed by atoms with Crippen LogP contribution in [0.2, 0.25) is 0 Å². The van der Waals surface area contributed by atoms with E-state index in [2.05, 4.69) is 0 Å². The van der Waals surface area contributed by atoms with Gasteiger partial charge in [0.25, 0.3) is 0 Å². The largest absolute Gasteiger partial charge is 0.462 e. The normalized spacial score (nSPS) is 48.5. The molecule has 380 valence electrons. The number of esters is 2. The van der Waals surface area contributed by atoms with Gasteiger partial charge in [-0.25, -0.2) is 0 Å². The molecule has 0 aromatic rings. The molecule has 2 unspecified atom stereocenters. The summed E-state index contributed by atoms with van der Waals surface area (Å²) < 4.78 is 23.4. The maximum Gasteiger partial charge on any atom is 0.311 e. The van der Waals surface area contributed by atoms with Crippen molar-refractivity contribution >= 4 is 23.5 Å². The number of nitrogens with zero attached hydrogens (tertiary/aromatic N) is 1. The molecule has 3 fully saturated rings. The van der Waals surface area contributed by atoms with E-state index < -0.39 is 150 Å². The third-order valence-corrected chi connectivity index (χ3v) is 15.2. The van der Waals surface area contributed by atoms with Crippen LogP contribution in [0.5, 0.6) is 0 Å². The Morgan fingerprint density at radius 1 is 0.523 bits per heavy atom. The molecule has 0 aromatic carbocycles. The molecule has 0 amide bonds. The number of cyclic esters (lactones) is 2. The fourth-order valence-corrected chi connectivity index (χ4v) is 9.91. The minimum Gasteiger partial charge on any atom is -0.462 e. The van der Waals surface area contributed by atoms with E-state index in [1.807, 2.05) is 19.0 Å². The number of Topliss-reactive ketones (excluding diaryl/α,β-unsaturated/α-hetero) is 2.